The minimum Gasteiger partial charge on any atom is -0.467 e. The smallest absolute Gasteiger partial charge is 0.249 e. The lowest BCUT2D eigenvalue weighted by Gasteiger charge is -2.09. The number of hydrogen-bond donors (Lipinski definition) is 2. The Morgan fingerprint density at radius 1 is 1.18 bits per heavy atom. The van der Waals surface area contributed by atoms with Crippen LogP contribution in [-0.2, 0) is 6.54 Å². The monoisotopic (exact) mass is 295 g/mol. The van der Waals surface area contributed by atoms with Crippen molar-refractivity contribution < 1.29 is 4.42 Å². The van der Waals surface area contributed by atoms with Gasteiger partial charge in [0.15, 0.2) is 5.82 Å². The van der Waals surface area contributed by atoms with Crippen LogP contribution in [0.4, 0.5) is 17.5 Å². The molecule has 0 spiro atoms. The van der Waals surface area contributed by atoms with Crippen LogP contribution < -0.4 is 10.6 Å². The maximum Gasteiger partial charge on any atom is 0.249 e. The summed E-state index contributed by atoms with van der Waals surface area (Å²) in [6.07, 6.45) is 3.22. The second-order valence-corrected chi connectivity index (χ2v) is 5.04. The summed E-state index contributed by atoms with van der Waals surface area (Å²) in [5.41, 5.74) is 3.28. The number of nitrogens with zero attached hydrogens (tertiary/aromatic N) is 3. The van der Waals surface area contributed by atoms with E-state index >= 15 is 0 Å². The zero-order valence-corrected chi connectivity index (χ0v) is 12.5. The molecule has 6 heteroatoms. The standard InChI is InChI=1S/C16H17N5O/c1-11-5-6-12(2)14(8-11)19-16-20-15(10-18-21-16)17-9-13-4-3-7-22-13/h3-8,10H,9H2,1-2H3,(H2,17,19,20,21). The first kappa shape index (κ1) is 14.1. The summed E-state index contributed by atoms with van der Waals surface area (Å²) in [6.45, 7) is 4.63. The lowest BCUT2D eigenvalue weighted by atomic mass is 10.1. The Balaban J connectivity index is 1.72. The minimum absolute atomic E-state index is 0.457. The van der Waals surface area contributed by atoms with Crippen molar-refractivity contribution in [2.24, 2.45) is 0 Å². The first-order valence-electron chi connectivity index (χ1n) is 7.01. The van der Waals surface area contributed by atoms with E-state index in [4.69, 9.17) is 4.42 Å². The van der Waals surface area contributed by atoms with E-state index < -0.39 is 0 Å². The van der Waals surface area contributed by atoms with Gasteiger partial charge in [-0.2, -0.15) is 10.1 Å². The molecule has 112 valence electrons. The third kappa shape index (κ3) is 3.41. The molecule has 0 fully saturated rings. The van der Waals surface area contributed by atoms with E-state index in [1.807, 2.05) is 26.0 Å². The summed E-state index contributed by atoms with van der Waals surface area (Å²) < 4.78 is 5.27. The fourth-order valence-electron chi connectivity index (χ4n) is 2.02. The highest BCUT2D eigenvalue weighted by atomic mass is 16.3. The predicted molar refractivity (Wildman–Crippen MR) is 85.1 cm³/mol. The summed E-state index contributed by atoms with van der Waals surface area (Å²) >= 11 is 0. The third-order valence-electron chi connectivity index (χ3n) is 3.22. The zero-order valence-electron chi connectivity index (χ0n) is 12.5. The van der Waals surface area contributed by atoms with Crippen LogP contribution in [0.25, 0.3) is 0 Å². The molecule has 1 aromatic carbocycles. The van der Waals surface area contributed by atoms with E-state index in [1.54, 1.807) is 12.5 Å². The van der Waals surface area contributed by atoms with Gasteiger partial charge in [0, 0.05) is 5.69 Å². The van der Waals surface area contributed by atoms with Crippen LogP contribution in [0.3, 0.4) is 0 Å². The molecule has 0 atom stereocenters. The number of anilines is 3. The van der Waals surface area contributed by atoms with Gasteiger partial charge < -0.3 is 15.1 Å². The second-order valence-electron chi connectivity index (χ2n) is 5.04. The molecule has 0 saturated heterocycles. The molecule has 2 aromatic heterocycles. The molecule has 6 nitrogen and oxygen atoms in total. The van der Waals surface area contributed by atoms with Gasteiger partial charge in [0.1, 0.15) is 5.76 Å². The topological polar surface area (TPSA) is 75.9 Å². The summed E-state index contributed by atoms with van der Waals surface area (Å²) in [5.74, 6) is 1.93. The number of nitrogens with one attached hydrogen (secondary N) is 2. The van der Waals surface area contributed by atoms with Crippen LogP contribution >= 0.6 is 0 Å². The second kappa shape index (κ2) is 6.26. The predicted octanol–water partition coefficient (Wildman–Crippen LogP) is 3.44. The van der Waals surface area contributed by atoms with Crippen LogP contribution in [0.15, 0.2) is 47.2 Å². The SMILES string of the molecule is Cc1ccc(C)c(Nc2nncc(NCc3ccco3)n2)c1. The Hall–Kier alpha value is -2.89. The highest BCUT2D eigenvalue weighted by Gasteiger charge is 2.04. The molecule has 3 rings (SSSR count). The van der Waals surface area contributed by atoms with Crippen LogP contribution in [0.5, 0.6) is 0 Å². The number of furan rings is 1. The molecule has 0 saturated carbocycles. The van der Waals surface area contributed by atoms with Crippen molar-refractivity contribution in [3.8, 4) is 0 Å². The van der Waals surface area contributed by atoms with Gasteiger partial charge in [0.25, 0.3) is 0 Å². The molecular weight excluding hydrogens is 278 g/mol. The van der Waals surface area contributed by atoms with E-state index in [1.165, 1.54) is 5.56 Å². The molecular formula is C16H17N5O. The van der Waals surface area contributed by atoms with E-state index in [9.17, 15) is 0 Å². The van der Waals surface area contributed by atoms with E-state index in [-0.39, 0.29) is 0 Å². The van der Waals surface area contributed by atoms with Gasteiger partial charge in [0.05, 0.1) is 19.0 Å². The summed E-state index contributed by atoms with van der Waals surface area (Å²) in [6, 6.07) is 9.94. The Morgan fingerprint density at radius 3 is 2.91 bits per heavy atom. The maximum absolute atomic E-state index is 5.27. The molecule has 0 aliphatic rings. The molecule has 22 heavy (non-hydrogen) atoms. The summed E-state index contributed by atoms with van der Waals surface area (Å²) in [7, 11) is 0. The molecule has 3 aromatic rings. The Labute approximate surface area is 128 Å². The van der Waals surface area contributed by atoms with E-state index in [0.717, 1.165) is 17.0 Å². The molecule has 2 N–H and O–H groups in total. The normalized spacial score (nSPS) is 10.5. The van der Waals surface area contributed by atoms with Crippen molar-refractivity contribution >= 4 is 17.5 Å². The lowest BCUT2D eigenvalue weighted by Crippen LogP contribution is -2.05. The summed E-state index contributed by atoms with van der Waals surface area (Å²) in [4.78, 5) is 4.40. The lowest BCUT2D eigenvalue weighted by molar-refractivity contribution is 0.517. The largest absolute Gasteiger partial charge is 0.467 e. The van der Waals surface area contributed by atoms with E-state index in [0.29, 0.717) is 18.3 Å². The van der Waals surface area contributed by atoms with Crippen LogP contribution in [0, 0.1) is 13.8 Å². The highest BCUT2D eigenvalue weighted by Crippen LogP contribution is 2.19. The fourth-order valence-corrected chi connectivity index (χ4v) is 2.02. The number of rotatable bonds is 5. The van der Waals surface area contributed by atoms with Gasteiger partial charge >= 0.3 is 0 Å². The molecule has 0 amide bonds. The van der Waals surface area contributed by atoms with Crippen molar-refractivity contribution in [1.82, 2.24) is 15.2 Å². The van der Waals surface area contributed by atoms with Crippen LogP contribution in [0.1, 0.15) is 16.9 Å². The number of aromatic nitrogens is 3. The molecule has 2 heterocycles. The third-order valence-corrected chi connectivity index (χ3v) is 3.22. The Bertz CT molecular complexity index is 755. The first-order chi connectivity index (χ1) is 10.7. The van der Waals surface area contributed by atoms with Crippen LogP contribution in [0.2, 0.25) is 0 Å². The molecule has 0 aliphatic heterocycles. The molecule has 0 unspecified atom stereocenters. The van der Waals surface area contributed by atoms with Crippen LogP contribution in [-0.4, -0.2) is 15.2 Å². The van der Waals surface area contributed by atoms with Crippen molar-refractivity contribution in [2.75, 3.05) is 10.6 Å². The van der Waals surface area contributed by atoms with Gasteiger partial charge in [-0.15, -0.1) is 5.10 Å². The molecule has 0 bridgehead atoms. The first-order valence-corrected chi connectivity index (χ1v) is 7.01. The Morgan fingerprint density at radius 2 is 2.09 bits per heavy atom. The average Bonchev–Trinajstić information content (AvgIpc) is 3.03. The van der Waals surface area contributed by atoms with Gasteiger partial charge in [-0.05, 0) is 43.2 Å². The number of aryl methyl sites for hydroxylation is 2. The summed E-state index contributed by atoms with van der Waals surface area (Å²) in [5, 5.41) is 14.3. The molecule has 0 radical (unpaired) electrons. The van der Waals surface area contributed by atoms with Crippen molar-refractivity contribution in [1.29, 1.82) is 0 Å². The molecule has 0 aliphatic carbocycles. The van der Waals surface area contributed by atoms with Gasteiger partial charge in [-0.3, -0.25) is 0 Å². The number of hydrogen-bond acceptors (Lipinski definition) is 6. The maximum atomic E-state index is 5.27. The quantitative estimate of drug-likeness (QED) is 0.751. The minimum atomic E-state index is 0.457. The van der Waals surface area contributed by atoms with Crippen molar-refractivity contribution in [3.63, 3.8) is 0 Å². The van der Waals surface area contributed by atoms with Crippen molar-refractivity contribution in [3.05, 3.63) is 59.7 Å². The fraction of sp³-hybridized carbons (Fsp3) is 0.188. The van der Waals surface area contributed by atoms with Gasteiger partial charge in [0.2, 0.25) is 5.95 Å². The van der Waals surface area contributed by atoms with Gasteiger partial charge in [-0.1, -0.05) is 12.1 Å². The van der Waals surface area contributed by atoms with Crippen molar-refractivity contribution in [2.45, 2.75) is 20.4 Å². The highest BCUT2D eigenvalue weighted by molar-refractivity contribution is 5.59. The van der Waals surface area contributed by atoms with E-state index in [2.05, 4.69) is 44.0 Å². The zero-order chi connectivity index (χ0) is 15.4. The van der Waals surface area contributed by atoms with Gasteiger partial charge in [-0.25, -0.2) is 0 Å². The Kier molecular flexibility index (Phi) is 4.00. The number of benzene rings is 1. The average molecular weight is 295 g/mol.